The number of rotatable bonds is 7. The SMILES string of the molecule is CNCCN(C)C(=O)c1ccc(Sc2nc(C)cs2)c([N+](=O)[O-])c1.Cl. The fourth-order valence-corrected chi connectivity index (χ4v) is 3.83. The fourth-order valence-electron chi connectivity index (χ4n) is 1.95. The Morgan fingerprint density at radius 3 is 2.76 bits per heavy atom. The molecule has 136 valence electrons. The monoisotopic (exact) mass is 402 g/mol. The van der Waals surface area contributed by atoms with Crippen LogP contribution in [0.1, 0.15) is 16.1 Å². The topological polar surface area (TPSA) is 88.4 Å². The lowest BCUT2D eigenvalue weighted by Gasteiger charge is -2.17. The summed E-state index contributed by atoms with van der Waals surface area (Å²) in [6, 6.07) is 4.56. The highest BCUT2D eigenvalue weighted by Crippen LogP contribution is 2.36. The summed E-state index contributed by atoms with van der Waals surface area (Å²) in [6.45, 7) is 3.05. The number of carbonyl (C=O) groups is 1. The first kappa shape index (κ1) is 21.4. The van der Waals surface area contributed by atoms with Crippen LogP contribution < -0.4 is 5.32 Å². The molecule has 0 unspecified atom stereocenters. The molecule has 0 aliphatic carbocycles. The van der Waals surface area contributed by atoms with Crippen LogP contribution in [-0.4, -0.2) is 47.9 Å². The summed E-state index contributed by atoms with van der Waals surface area (Å²) in [6.07, 6.45) is 0. The molecule has 0 radical (unpaired) electrons. The highest BCUT2D eigenvalue weighted by molar-refractivity contribution is 8.01. The molecule has 0 spiro atoms. The standard InChI is InChI=1S/C15H18N4O3S2.ClH/c1-10-9-23-15(17-10)24-13-5-4-11(8-12(13)19(21)22)14(20)18(3)7-6-16-2;/h4-5,8-9,16H,6-7H2,1-3H3;1H. The Morgan fingerprint density at radius 2 is 2.20 bits per heavy atom. The number of aromatic nitrogens is 1. The van der Waals surface area contributed by atoms with Gasteiger partial charge in [-0.25, -0.2) is 4.98 Å². The zero-order chi connectivity index (χ0) is 17.7. The van der Waals surface area contributed by atoms with E-state index >= 15 is 0 Å². The van der Waals surface area contributed by atoms with Gasteiger partial charge in [0.05, 0.1) is 9.82 Å². The molecule has 0 saturated carbocycles. The number of carbonyl (C=O) groups excluding carboxylic acids is 1. The minimum Gasteiger partial charge on any atom is -0.340 e. The summed E-state index contributed by atoms with van der Waals surface area (Å²) in [5.74, 6) is -0.241. The van der Waals surface area contributed by atoms with E-state index in [0.717, 1.165) is 10.0 Å². The molecule has 1 N–H and O–H groups in total. The van der Waals surface area contributed by atoms with Crippen LogP contribution in [0, 0.1) is 17.0 Å². The second-order valence-electron chi connectivity index (χ2n) is 5.13. The van der Waals surface area contributed by atoms with Gasteiger partial charge in [0.2, 0.25) is 0 Å². The number of hydrogen-bond acceptors (Lipinski definition) is 7. The van der Waals surface area contributed by atoms with Crippen molar-refractivity contribution in [3.8, 4) is 0 Å². The maximum absolute atomic E-state index is 12.4. The van der Waals surface area contributed by atoms with Gasteiger partial charge < -0.3 is 10.2 Å². The number of halogens is 1. The normalized spacial score (nSPS) is 10.2. The van der Waals surface area contributed by atoms with E-state index < -0.39 is 4.92 Å². The van der Waals surface area contributed by atoms with Gasteiger partial charge in [-0.3, -0.25) is 14.9 Å². The van der Waals surface area contributed by atoms with Crippen LogP contribution in [0.3, 0.4) is 0 Å². The maximum atomic E-state index is 12.4. The predicted molar refractivity (Wildman–Crippen MR) is 102 cm³/mol. The molecular weight excluding hydrogens is 384 g/mol. The van der Waals surface area contributed by atoms with Crippen LogP contribution >= 0.6 is 35.5 Å². The van der Waals surface area contributed by atoms with Crippen LogP contribution in [-0.2, 0) is 0 Å². The van der Waals surface area contributed by atoms with Crippen molar-refractivity contribution in [2.75, 3.05) is 27.2 Å². The van der Waals surface area contributed by atoms with Gasteiger partial charge in [-0.1, -0.05) is 11.8 Å². The van der Waals surface area contributed by atoms with E-state index in [0.29, 0.717) is 23.5 Å². The van der Waals surface area contributed by atoms with Gasteiger partial charge in [-0.05, 0) is 26.1 Å². The minimum absolute atomic E-state index is 0. The van der Waals surface area contributed by atoms with Gasteiger partial charge in [-0.2, -0.15) is 0 Å². The van der Waals surface area contributed by atoms with E-state index in [1.54, 1.807) is 26.2 Å². The quantitative estimate of drug-likeness (QED) is 0.565. The third-order valence-electron chi connectivity index (χ3n) is 3.24. The molecule has 25 heavy (non-hydrogen) atoms. The summed E-state index contributed by atoms with van der Waals surface area (Å²) in [5, 5.41) is 16.2. The van der Waals surface area contributed by atoms with E-state index in [1.165, 1.54) is 34.1 Å². The maximum Gasteiger partial charge on any atom is 0.284 e. The lowest BCUT2D eigenvalue weighted by molar-refractivity contribution is -0.387. The van der Waals surface area contributed by atoms with Crippen molar-refractivity contribution >= 4 is 47.1 Å². The van der Waals surface area contributed by atoms with Crippen molar-refractivity contribution in [3.05, 3.63) is 45.0 Å². The van der Waals surface area contributed by atoms with Crippen molar-refractivity contribution in [1.29, 1.82) is 0 Å². The Labute approximate surface area is 160 Å². The average Bonchev–Trinajstić information content (AvgIpc) is 2.97. The second-order valence-corrected chi connectivity index (χ2v) is 7.27. The van der Waals surface area contributed by atoms with Crippen LogP contribution in [0.25, 0.3) is 0 Å². The third-order valence-corrected chi connectivity index (χ3v) is 5.36. The van der Waals surface area contributed by atoms with Gasteiger partial charge >= 0.3 is 0 Å². The molecule has 0 atom stereocenters. The minimum atomic E-state index is -0.465. The van der Waals surface area contributed by atoms with Crippen molar-refractivity contribution < 1.29 is 9.72 Å². The number of benzene rings is 1. The molecule has 0 aliphatic heterocycles. The van der Waals surface area contributed by atoms with Crippen molar-refractivity contribution in [2.24, 2.45) is 0 Å². The zero-order valence-electron chi connectivity index (χ0n) is 14.0. The third kappa shape index (κ3) is 5.67. The number of nitro benzene ring substituents is 1. The number of nitrogens with one attached hydrogen (secondary N) is 1. The van der Waals surface area contributed by atoms with E-state index in [2.05, 4.69) is 10.3 Å². The largest absolute Gasteiger partial charge is 0.340 e. The van der Waals surface area contributed by atoms with Gasteiger partial charge in [0.1, 0.15) is 0 Å². The van der Waals surface area contributed by atoms with E-state index in [4.69, 9.17) is 0 Å². The molecule has 2 rings (SSSR count). The smallest absolute Gasteiger partial charge is 0.284 e. The summed E-state index contributed by atoms with van der Waals surface area (Å²) in [4.78, 5) is 29.6. The molecular formula is C15H19ClN4O3S2. The second kappa shape index (κ2) is 9.71. The molecule has 7 nitrogen and oxygen atoms in total. The van der Waals surface area contributed by atoms with E-state index in [1.807, 2.05) is 12.3 Å². The Morgan fingerprint density at radius 1 is 1.48 bits per heavy atom. The number of likely N-dealkylation sites (N-methyl/N-ethyl adjacent to an activating group) is 2. The van der Waals surface area contributed by atoms with Crippen molar-refractivity contribution in [1.82, 2.24) is 15.2 Å². The lowest BCUT2D eigenvalue weighted by atomic mass is 10.2. The summed E-state index contributed by atoms with van der Waals surface area (Å²) in [5.41, 5.74) is 1.10. The number of thiazole rings is 1. The van der Waals surface area contributed by atoms with Crippen LogP contribution in [0.5, 0.6) is 0 Å². The molecule has 1 heterocycles. The summed E-state index contributed by atoms with van der Waals surface area (Å²) < 4.78 is 0.737. The highest BCUT2D eigenvalue weighted by Gasteiger charge is 2.21. The molecule has 0 aliphatic rings. The Bertz CT molecular complexity index is 754. The molecule has 0 fully saturated rings. The Kier molecular flexibility index (Phi) is 8.30. The Balaban J connectivity index is 0.00000312. The molecule has 2 aromatic rings. The van der Waals surface area contributed by atoms with Gasteiger partial charge in [-0.15, -0.1) is 23.7 Å². The molecule has 1 aromatic carbocycles. The first-order valence-corrected chi connectivity index (χ1v) is 8.90. The predicted octanol–water partition coefficient (Wildman–Crippen LogP) is 3.22. The van der Waals surface area contributed by atoms with Crippen LogP contribution in [0.2, 0.25) is 0 Å². The van der Waals surface area contributed by atoms with E-state index in [9.17, 15) is 14.9 Å². The number of nitro groups is 1. The number of nitrogens with zero attached hydrogens (tertiary/aromatic N) is 3. The number of hydrogen-bond donors (Lipinski definition) is 1. The summed E-state index contributed by atoms with van der Waals surface area (Å²) in [7, 11) is 3.47. The zero-order valence-corrected chi connectivity index (χ0v) is 16.5. The van der Waals surface area contributed by atoms with Gasteiger partial charge in [0.25, 0.3) is 11.6 Å². The number of amides is 1. The van der Waals surface area contributed by atoms with Crippen LogP contribution in [0.4, 0.5) is 5.69 Å². The van der Waals surface area contributed by atoms with Crippen LogP contribution in [0.15, 0.2) is 32.8 Å². The summed E-state index contributed by atoms with van der Waals surface area (Å²) >= 11 is 2.67. The Hall–Kier alpha value is -1.68. The van der Waals surface area contributed by atoms with Gasteiger partial charge in [0, 0.05) is 42.8 Å². The van der Waals surface area contributed by atoms with E-state index in [-0.39, 0.29) is 24.0 Å². The lowest BCUT2D eigenvalue weighted by Crippen LogP contribution is -2.32. The first-order chi connectivity index (χ1) is 11.4. The fraction of sp³-hybridized carbons (Fsp3) is 0.333. The van der Waals surface area contributed by atoms with Crippen molar-refractivity contribution in [2.45, 2.75) is 16.2 Å². The average molecular weight is 403 g/mol. The first-order valence-electron chi connectivity index (χ1n) is 7.21. The molecule has 10 heteroatoms. The van der Waals surface area contributed by atoms with Crippen molar-refractivity contribution in [3.63, 3.8) is 0 Å². The highest BCUT2D eigenvalue weighted by atomic mass is 35.5. The molecule has 0 saturated heterocycles. The molecule has 0 bridgehead atoms. The molecule has 1 amide bonds. The van der Waals surface area contributed by atoms with Gasteiger partial charge in [0.15, 0.2) is 4.34 Å². The molecule has 1 aromatic heterocycles. The number of aryl methyl sites for hydroxylation is 1.